The average molecular weight is 425 g/mol. The molecule has 8 nitrogen and oxygen atoms in total. The van der Waals surface area contributed by atoms with E-state index in [1.807, 2.05) is 11.9 Å². The third-order valence-corrected chi connectivity index (χ3v) is 8.02. The van der Waals surface area contributed by atoms with E-state index in [1.165, 1.54) is 16.4 Å². The van der Waals surface area contributed by atoms with Crippen LogP contribution in [0, 0.1) is 16.0 Å². The van der Waals surface area contributed by atoms with Crippen molar-refractivity contribution in [2.75, 3.05) is 51.7 Å². The molecule has 0 radical (unpaired) electrons. The van der Waals surface area contributed by atoms with Gasteiger partial charge in [0, 0.05) is 32.7 Å². The van der Waals surface area contributed by atoms with Crippen LogP contribution in [-0.2, 0) is 10.0 Å². The fourth-order valence-corrected chi connectivity index (χ4v) is 5.83. The van der Waals surface area contributed by atoms with E-state index in [0.29, 0.717) is 24.7 Å². The first kappa shape index (κ1) is 22.0. The first-order chi connectivity index (χ1) is 13.8. The Morgan fingerprint density at radius 2 is 1.72 bits per heavy atom. The largest absolute Gasteiger partial charge is 0.369 e. The van der Waals surface area contributed by atoms with Crippen LogP contribution in [0.2, 0.25) is 0 Å². The molecule has 2 aliphatic heterocycles. The minimum atomic E-state index is -3.71. The molecule has 0 atom stereocenters. The molecule has 2 heterocycles. The average Bonchev–Trinajstić information content (AvgIpc) is 2.99. The van der Waals surface area contributed by atoms with Crippen molar-refractivity contribution in [1.82, 2.24) is 9.21 Å². The van der Waals surface area contributed by atoms with E-state index < -0.39 is 14.9 Å². The molecule has 2 saturated heterocycles. The van der Waals surface area contributed by atoms with Gasteiger partial charge in [-0.25, -0.2) is 8.42 Å². The Morgan fingerprint density at radius 1 is 1.10 bits per heavy atom. The Labute approximate surface area is 173 Å². The monoisotopic (exact) mass is 424 g/mol. The summed E-state index contributed by atoms with van der Waals surface area (Å²) in [6.45, 7) is 3.76. The molecule has 0 spiro atoms. The first-order valence-corrected chi connectivity index (χ1v) is 11.9. The maximum atomic E-state index is 13.0. The predicted octanol–water partition coefficient (Wildman–Crippen LogP) is 2.94. The number of nitrogens with zero attached hydrogens (tertiary/aromatic N) is 4. The number of likely N-dealkylation sites (tertiary alicyclic amines) is 1. The summed E-state index contributed by atoms with van der Waals surface area (Å²) in [6, 6.07) is 4.35. The van der Waals surface area contributed by atoms with Gasteiger partial charge in [0.25, 0.3) is 5.69 Å². The van der Waals surface area contributed by atoms with Crippen molar-refractivity contribution >= 4 is 21.4 Å². The summed E-state index contributed by atoms with van der Waals surface area (Å²) >= 11 is 0. The lowest BCUT2D eigenvalue weighted by molar-refractivity contribution is -0.384. The molecule has 3 rings (SSSR count). The quantitative estimate of drug-likeness (QED) is 0.515. The lowest BCUT2D eigenvalue weighted by Gasteiger charge is -2.32. The highest BCUT2D eigenvalue weighted by Crippen LogP contribution is 2.33. The van der Waals surface area contributed by atoms with Gasteiger partial charge in [0.15, 0.2) is 0 Å². The van der Waals surface area contributed by atoms with Crippen LogP contribution < -0.4 is 4.90 Å². The molecular formula is C20H32N4O4S. The van der Waals surface area contributed by atoms with Crippen LogP contribution >= 0.6 is 0 Å². The number of nitro groups is 1. The number of rotatable bonds is 6. The minimum Gasteiger partial charge on any atom is -0.369 e. The van der Waals surface area contributed by atoms with Gasteiger partial charge < -0.3 is 9.80 Å². The van der Waals surface area contributed by atoms with E-state index >= 15 is 0 Å². The van der Waals surface area contributed by atoms with E-state index in [4.69, 9.17) is 0 Å². The van der Waals surface area contributed by atoms with Crippen LogP contribution in [0.25, 0.3) is 0 Å². The molecule has 0 saturated carbocycles. The molecule has 1 aromatic rings. The normalized spacial score (nSPS) is 20.3. The van der Waals surface area contributed by atoms with Crippen molar-refractivity contribution in [3.05, 3.63) is 28.3 Å². The van der Waals surface area contributed by atoms with Crippen molar-refractivity contribution in [2.24, 2.45) is 5.92 Å². The summed E-state index contributed by atoms with van der Waals surface area (Å²) in [5.74, 6) is 0.483. The molecule has 0 aromatic heterocycles. The third-order valence-electron chi connectivity index (χ3n) is 6.13. The molecule has 2 aliphatic rings. The summed E-state index contributed by atoms with van der Waals surface area (Å²) in [7, 11) is 0.244. The molecule has 162 valence electrons. The number of sulfonamides is 1. The second kappa shape index (κ2) is 9.40. The predicted molar refractivity (Wildman–Crippen MR) is 114 cm³/mol. The van der Waals surface area contributed by atoms with Crippen LogP contribution in [0.1, 0.15) is 38.5 Å². The molecule has 0 bridgehead atoms. The molecule has 9 heteroatoms. The molecule has 0 amide bonds. The Balaban J connectivity index is 1.82. The zero-order chi connectivity index (χ0) is 21.0. The summed E-state index contributed by atoms with van der Waals surface area (Å²) in [6.07, 6.45) is 5.84. The van der Waals surface area contributed by atoms with Gasteiger partial charge in [-0.15, -0.1) is 0 Å². The van der Waals surface area contributed by atoms with Gasteiger partial charge in [-0.3, -0.25) is 10.1 Å². The first-order valence-electron chi connectivity index (χ1n) is 10.5. The van der Waals surface area contributed by atoms with Crippen LogP contribution in [0.4, 0.5) is 11.4 Å². The van der Waals surface area contributed by atoms with Gasteiger partial charge in [0.2, 0.25) is 10.0 Å². The van der Waals surface area contributed by atoms with Crippen molar-refractivity contribution in [3.63, 3.8) is 0 Å². The number of hydrogen-bond acceptors (Lipinski definition) is 6. The maximum Gasteiger partial charge on any atom is 0.293 e. The van der Waals surface area contributed by atoms with Gasteiger partial charge >= 0.3 is 0 Å². The van der Waals surface area contributed by atoms with E-state index in [-0.39, 0.29) is 10.6 Å². The Kier molecular flexibility index (Phi) is 7.13. The zero-order valence-electron chi connectivity index (χ0n) is 17.4. The highest BCUT2D eigenvalue weighted by molar-refractivity contribution is 7.89. The highest BCUT2D eigenvalue weighted by Gasteiger charge is 2.29. The number of benzene rings is 1. The number of nitro benzene ring substituents is 1. The zero-order valence-corrected chi connectivity index (χ0v) is 18.2. The van der Waals surface area contributed by atoms with Gasteiger partial charge in [-0.2, -0.15) is 4.31 Å². The summed E-state index contributed by atoms with van der Waals surface area (Å²) in [5.41, 5.74) is 0.333. The third kappa shape index (κ3) is 5.26. The fraction of sp³-hybridized carbons (Fsp3) is 0.700. The number of piperidine rings is 1. The molecular weight excluding hydrogens is 392 g/mol. The summed E-state index contributed by atoms with van der Waals surface area (Å²) in [4.78, 5) is 15.5. The lowest BCUT2D eigenvalue weighted by atomic mass is 9.96. The second-order valence-electron chi connectivity index (χ2n) is 8.35. The van der Waals surface area contributed by atoms with E-state index in [9.17, 15) is 18.5 Å². The van der Waals surface area contributed by atoms with Crippen LogP contribution in [0.5, 0.6) is 0 Å². The van der Waals surface area contributed by atoms with Crippen LogP contribution in [0.15, 0.2) is 23.1 Å². The van der Waals surface area contributed by atoms with E-state index in [2.05, 4.69) is 11.9 Å². The lowest BCUT2D eigenvalue weighted by Crippen LogP contribution is -2.36. The van der Waals surface area contributed by atoms with E-state index in [0.717, 1.165) is 58.2 Å². The Bertz CT molecular complexity index is 814. The van der Waals surface area contributed by atoms with Crippen LogP contribution in [0.3, 0.4) is 0 Å². The van der Waals surface area contributed by atoms with Gasteiger partial charge in [0.1, 0.15) is 5.69 Å². The van der Waals surface area contributed by atoms with Crippen molar-refractivity contribution < 1.29 is 13.3 Å². The Hall–Kier alpha value is -1.71. The van der Waals surface area contributed by atoms with Gasteiger partial charge in [0.05, 0.1) is 9.82 Å². The smallest absolute Gasteiger partial charge is 0.293 e. The van der Waals surface area contributed by atoms with Gasteiger partial charge in [-0.1, -0.05) is 12.8 Å². The maximum absolute atomic E-state index is 13.0. The second-order valence-corrected chi connectivity index (χ2v) is 10.3. The fourth-order valence-electron chi connectivity index (χ4n) is 4.29. The van der Waals surface area contributed by atoms with Crippen molar-refractivity contribution in [2.45, 2.75) is 43.4 Å². The minimum absolute atomic E-state index is 0.0162. The molecule has 0 N–H and O–H groups in total. The van der Waals surface area contributed by atoms with Crippen LogP contribution in [-0.4, -0.2) is 69.4 Å². The topological polar surface area (TPSA) is 87.0 Å². The molecule has 0 unspecified atom stereocenters. The number of hydrogen-bond donors (Lipinski definition) is 0. The Morgan fingerprint density at radius 3 is 2.31 bits per heavy atom. The van der Waals surface area contributed by atoms with E-state index in [1.54, 1.807) is 6.07 Å². The molecule has 0 aliphatic carbocycles. The molecule has 1 aromatic carbocycles. The van der Waals surface area contributed by atoms with Crippen molar-refractivity contribution in [3.8, 4) is 0 Å². The molecule has 29 heavy (non-hydrogen) atoms. The summed E-state index contributed by atoms with van der Waals surface area (Å²) < 4.78 is 27.5. The van der Waals surface area contributed by atoms with Crippen molar-refractivity contribution in [1.29, 1.82) is 0 Å². The standard InChI is InChI=1S/C20H32N4O4S/c1-21-13-9-17(10-14-21)16-22(2)19-8-7-18(15-20(19)24(25)26)29(27,28)23-11-5-3-4-6-12-23/h7-8,15,17H,3-6,9-14,16H2,1-2H3. The van der Waals surface area contributed by atoms with Gasteiger partial charge in [-0.05, 0) is 63.9 Å². The summed E-state index contributed by atoms with van der Waals surface area (Å²) in [5, 5.41) is 11.7. The SMILES string of the molecule is CN1CCC(CN(C)c2ccc(S(=O)(=O)N3CCCCCC3)cc2[N+](=O)[O-])CC1. The molecule has 2 fully saturated rings. The highest BCUT2D eigenvalue weighted by atomic mass is 32.2. The number of anilines is 1.